The molecule has 0 fully saturated rings. The molecule has 98 valence electrons. The SMILES string of the molecule is COc1ccc(CCC(=O)N(C)CC(=O)O)cc1. The topological polar surface area (TPSA) is 66.8 Å². The smallest absolute Gasteiger partial charge is 0.323 e. The van der Waals surface area contributed by atoms with Gasteiger partial charge >= 0.3 is 5.97 Å². The average molecular weight is 251 g/mol. The lowest BCUT2D eigenvalue weighted by Gasteiger charge is -2.14. The third-order valence-corrected chi connectivity index (χ3v) is 2.58. The lowest BCUT2D eigenvalue weighted by atomic mass is 10.1. The van der Waals surface area contributed by atoms with E-state index in [0.717, 1.165) is 11.3 Å². The van der Waals surface area contributed by atoms with Crippen molar-refractivity contribution in [3.63, 3.8) is 0 Å². The highest BCUT2D eigenvalue weighted by molar-refractivity contribution is 5.81. The summed E-state index contributed by atoms with van der Waals surface area (Å²) >= 11 is 0. The number of hydrogen-bond acceptors (Lipinski definition) is 3. The van der Waals surface area contributed by atoms with E-state index in [0.29, 0.717) is 12.8 Å². The summed E-state index contributed by atoms with van der Waals surface area (Å²) in [5.41, 5.74) is 1.02. The highest BCUT2D eigenvalue weighted by Crippen LogP contribution is 2.12. The maximum atomic E-state index is 11.6. The Kier molecular flexibility index (Phi) is 5.17. The molecule has 0 aliphatic rings. The number of amides is 1. The Morgan fingerprint density at radius 1 is 1.28 bits per heavy atom. The minimum Gasteiger partial charge on any atom is -0.497 e. The first-order valence-corrected chi connectivity index (χ1v) is 5.61. The largest absolute Gasteiger partial charge is 0.497 e. The summed E-state index contributed by atoms with van der Waals surface area (Å²) in [6, 6.07) is 7.45. The number of hydrogen-bond donors (Lipinski definition) is 1. The number of aliphatic carboxylic acids is 1. The minimum atomic E-state index is -1.00. The van der Waals surface area contributed by atoms with E-state index in [4.69, 9.17) is 9.84 Å². The number of aryl methyl sites for hydroxylation is 1. The van der Waals surface area contributed by atoms with Crippen molar-refractivity contribution in [2.45, 2.75) is 12.8 Å². The molecule has 1 amide bonds. The van der Waals surface area contributed by atoms with Gasteiger partial charge in [0.05, 0.1) is 7.11 Å². The van der Waals surface area contributed by atoms with Crippen molar-refractivity contribution in [1.29, 1.82) is 0 Å². The molecule has 0 spiro atoms. The molecule has 1 rings (SSSR count). The molecule has 0 radical (unpaired) electrons. The number of likely N-dealkylation sites (N-methyl/N-ethyl adjacent to an activating group) is 1. The highest BCUT2D eigenvalue weighted by Gasteiger charge is 2.11. The summed E-state index contributed by atoms with van der Waals surface area (Å²) < 4.78 is 5.04. The van der Waals surface area contributed by atoms with Crippen molar-refractivity contribution in [1.82, 2.24) is 4.90 Å². The van der Waals surface area contributed by atoms with Crippen LogP contribution in [-0.4, -0.2) is 42.6 Å². The maximum absolute atomic E-state index is 11.6. The van der Waals surface area contributed by atoms with Gasteiger partial charge in [-0.1, -0.05) is 12.1 Å². The maximum Gasteiger partial charge on any atom is 0.323 e. The number of nitrogens with zero attached hydrogens (tertiary/aromatic N) is 1. The number of benzene rings is 1. The molecule has 1 aromatic carbocycles. The molecular weight excluding hydrogens is 234 g/mol. The molecule has 0 aliphatic heterocycles. The van der Waals surface area contributed by atoms with E-state index in [9.17, 15) is 9.59 Å². The van der Waals surface area contributed by atoms with Crippen LogP contribution in [0.4, 0.5) is 0 Å². The van der Waals surface area contributed by atoms with Gasteiger partial charge in [-0.05, 0) is 24.1 Å². The molecule has 0 saturated heterocycles. The molecule has 0 atom stereocenters. The van der Waals surface area contributed by atoms with E-state index < -0.39 is 5.97 Å². The summed E-state index contributed by atoms with van der Waals surface area (Å²) in [6.45, 7) is -0.262. The summed E-state index contributed by atoms with van der Waals surface area (Å²) in [5, 5.41) is 8.57. The average Bonchev–Trinajstić information content (AvgIpc) is 2.35. The number of carbonyl (C=O) groups is 2. The van der Waals surface area contributed by atoms with E-state index in [1.54, 1.807) is 7.11 Å². The van der Waals surface area contributed by atoms with Crippen LogP contribution in [0.5, 0.6) is 5.75 Å². The van der Waals surface area contributed by atoms with Crippen molar-refractivity contribution in [3.8, 4) is 5.75 Å². The number of methoxy groups -OCH3 is 1. The second-order valence-electron chi connectivity index (χ2n) is 3.99. The summed E-state index contributed by atoms with van der Waals surface area (Å²) in [4.78, 5) is 23.3. The van der Waals surface area contributed by atoms with E-state index in [1.807, 2.05) is 24.3 Å². The van der Waals surface area contributed by atoms with Gasteiger partial charge in [0.2, 0.25) is 5.91 Å². The standard InChI is InChI=1S/C13H17NO4/c1-14(9-13(16)17)12(15)8-5-10-3-6-11(18-2)7-4-10/h3-4,6-7H,5,8-9H2,1-2H3,(H,16,17). The van der Waals surface area contributed by atoms with Crippen molar-refractivity contribution < 1.29 is 19.4 Å². The number of carboxylic acid groups (broad SMARTS) is 1. The molecule has 18 heavy (non-hydrogen) atoms. The summed E-state index contributed by atoms with van der Waals surface area (Å²) in [5.74, 6) is -0.406. The van der Waals surface area contributed by atoms with Crippen LogP contribution in [0.1, 0.15) is 12.0 Å². The Balaban J connectivity index is 2.44. The van der Waals surface area contributed by atoms with E-state index in [-0.39, 0.29) is 12.5 Å². The number of ether oxygens (including phenoxy) is 1. The molecular formula is C13H17NO4. The lowest BCUT2D eigenvalue weighted by molar-refractivity contribution is -0.143. The van der Waals surface area contributed by atoms with Gasteiger partial charge in [0.25, 0.3) is 0 Å². The highest BCUT2D eigenvalue weighted by atomic mass is 16.5. The van der Waals surface area contributed by atoms with Gasteiger partial charge in [0.1, 0.15) is 12.3 Å². The molecule has 5 heteroatoms. The van der Waals surface area contributed by atoms with E-state index >= 15 is 0 Å². The Hall–Kier alpha value is -2.04. The fourth-order valence-corrected chi connectivity index (χ4v) is 1.53. The minimum absolute atomic E-state index is 0.173. The Labute approximate surface area is 106 Å². The van der Waals surface area contributed by atoms with Gasteiger partial charge in [0, 0.05) is 13.5 Å². The van der Waals surface area contributed by atoms with Gasteiger partial charge in [-0.15, -0.1) is 0 Å². The molecule has 0 aliphatic carbocycles. The van der Waals surface area contributed by atoms with Crippen LogP contribution in [-0.2, 0) is 16.0 Å². The Bertz CT molecular complexity index is 414. The van der Waals surface area contributed by atoms with Crippen LogP contribution in [0.25, 0.3) is 0 Å². The van der Waals surface area contributed by atoms with Crippen LogP contribution in [0, 0.1) is 0 Å². The van der Waals surface area contributed by atoms with Gasteiger partial charge in [-0.2, -0.15) is 0 Å². The molecule has 1 aromatic rings. The number of carbonyl (C=O) groups excluding carboxylic acids is 1. The summed E-state index contributed by atoms with van der Waals surface area (Å²) in [7, 11) is 3.09. The Morgan fingerprint density at radius 2 is 1.89 bits per heavy atom. The Morgan fingerprint density at radius 3 is 2.39 bits per heavy atom. The quantitative estimate of drug-likeness (QED) is 0.824. The molecule has 0 bridgehead atoms. The van der Waals surface area contributed by atoms with Gasteiger partial charge < -0.3 is 14.7 Å². The van der Waals surface area contributed by atoms with Crippen LogP contribution in [0.2, 0.25) is 0 Å². The third kappa shape index (κ3) is 4.45. The van der Waals surface area contributed by atoms with E-state index in [1.165, 1.54) is 11.9 Å². The van der Waals surface area contributed by atoms with Crippen LogP contribution in [0.15, 0.2) is 24.3 Å². The predicted molar refractivity (Wildman–Crippen MR) is 66.6 cm³/mol. The molecule has 1 N–H and O–H groups in total. The van der Waals surface area contributed by atoms with Crippen molar-refractivity contribution >= 4 is 11.9 Å². The van der Waals surface area contributed by atoms with E-state index in [2.05, 4.69) is 0 Å². The van der Waals surface area contributed by atoms with Crippen molar-refractivity contribution in [3.05, 3.63) is 29.8 Å². The molecule has 5 nitrogen and oxygen atoms in total. The molecule has 0 aromatic heterocycles. The second kappa shape index (κ2) is 6.64. The number of carboxylic acids is 1. The van der Waals surface area contributed by atoms with Crippen molar-refractivity contribution in [2.75, 3.05) is 20.7 Å². The lowest BCUT2D eigenvalue weighted by Crippen LogP contribution is -2.32. The van der Waals surface area contributed by atoms with Gasteiger partial charge in [0.15, 0.2) is 0 Å². The normalized spacial score (nSPS) is 9.89. The first kappa shape index (κ1) is 14.0. The zero-order valence-electron chi connectivity index (χ0n) is 10.5. The summed E-state index contributed by atoms with van der Waals surface area (Å²) in [6.07, 6.45) is 0.892. The zero-order valence-corrected chi connectivity index (χ0v) is 10.5. The van der Waals surface area contributed by atoms with Gasteiger partial charge in [-0.3, -0.25) is 9.59 Å². The van der Waals surface area contributed by atoms with Crippen LogP contribution in [0.3, 0.4) is 0 Å². The molecule has 0 unspecified atom stereocenters. The first-order valence-electron chi connectivity index (χ1n) is 5.61. The second-order valence-corrected chi connectivity index (χ2v) is 3.99. The number of rotatable bonds is 6. The fraction of sp³-hybridized carbons (Fsp3) is 0.385. The molecule has 0 saturated carbocycles. The van der Waals surface area contributed by atoms with Gasteiger partial charge in [-0.25, -0.2) is 0 Å². The van der Waals surface area contributed by atoms with Crippen LogP contribution >= 0.6 is 0 Å². The monoisotopic (exact) mass is 251 g/mol. The van der Waals surface area contributed by atoms with Crippen molar-refractivity contribution in [2.24, 2.45) is 0 Å². The zero-order chi connectivity index (χ0) is 13.5. The third-order valence-electron chi connectivity index (χ3n) is 2.58. The first-order chi connectivity index (χ1) is 8.52. The molecule has 0 heterocycles. The fourth-order valence-electron chi connectivity index (χ4n) is 1.53. The predicted octanol–water partition coefficient (Wildman–Crippen LogP) is 1.17. The van der Waals surface area contributed by atoms with Crippen LogP contribution < -0.4 is 4.74 Å².